The van der Waals surface area contributed by atoms with Gasteiger partial charge in [-0.05, 0) is 62.7 Å². The number of carbonyl (C=O) groups excluding carboxylic acids is 1. The molecule has 0 atom stereocenters. The molecule has 0 saturated carbocycles. The fourth-order valence-corrected chi connectivity index (χ4v) is 4.71. The van der Waals surface area contributed by atoms with Gasteiger partial charge in [-0.1, -0.05) is 25.1 Å². The zero-order chi connectivity index (χ0) is 24.6. The molecule has 0 radical (unpaired) electrons. The van der Waals surface area contributed by atoms with Crippen LogP contribution in [0.1, 0.15) is 45.1 Å². The number of nitrogens with one attached hydrogen (secondary N) is 1. The zero-order valence-electron chi connectivity index (χ0n) is 20.5. The van der Waals surface area contributed by atoms with Crippen molar-refractivity contribution >= 4 is 11.8 Å². The van der Waals surface area contributed by atoms with Crippen LogP contribution in [0, 0.1) is 23.1 Å². The van der Waals surface area contributed by atoms with Crippen molar-refractivity contribution < 1.29 is 28.6 Å². The van der Waals surface area contributed by atoms with E-state index in [9.17, 15) is 14.4 Å². The Kier molecular flexibility index (Phi) is 9.53. The number of esters is 1. The molecule has 0 amide bonds. The zero-order valence-corrected chi connectivity index (χ0v) is 20.5. The number of likely N-dealkylation sites (tertiary alicyclic amines) is 1. The van der Waals surface area contributed by atoms with Gasteiger partial charge in [0.05, 0.1) is 24.7 Å². The summed E-state index contributed by atoms with van der Waals surface area (Å²) >= 11 is 0. The summed E-state index contributed by atoms with van der Waals surface area (Å²) in [6, 6.07) is 4.59. The van der Waals surface area contributed by atoms with E-state index in [4.69, 9.17) is 14.2 Å². The highest BCUT2D eigenvalue weighted by Gasteiger charge is 2.43. The van der Waals surface area contributed by atoms with Gasteiger partial charge in [0.15, 0.2) is 5.84 Å². The van der Waals surface area contributed by atoms with Gasteiger partial charge in [0.2, 0.25) is 0 Å². The predicted molar refractivity (Wildman–Crippen MR) is 127 cm³/mol. The average Bonchev–Trinajstić information content (AvgIpc) is 2.85. The predicted octanol–water partition coefficient (Wildman–Crippen LogP) is 3.27. The topological polar surface area (TPSA) is 92.6 Å². The van der Waals surface area contributed by atoms with Crippen LogP contribution in [0.5, 0.6) is 5.75 Å². The lowest BCUT2D eigenvalue weighted by atomic mass is 9.79. The quantitative estimate of drug-likeness (QED) is 0.185. The van der Waals surface area contributed by atoms with Gasteiger partial charge in [0.1, 0.15) is 11.6 Å². The summed E-state index contributed by atoms with van der Waals surface area (Å²) < 4.78 is 31.0. The van der Waals surface area contributed by atoms with Crippen LogP contribution in [0.4, 0.5) is 4.39 Å². The molecule has 3 rings (SSSR count). The third-order valence-electron chi connectivity index (χ3n) is 6.74. The molecule has 2 fully saturated rings. The fourth-order valence-electron chi connectivity index (χ4n) is 4.71. The molecule has 0 aliphatic carbocycles. The average molecular weight is 480 g/mol. The van der Waals surface area contributed by atoms with E-state index in [1.54, 1.807) is 12.1 Å². The second kappa shape index (κ2) is 12.4. The number of carbonyl (C=O) groups is 1. The number of amidine groups is 1. The van der Waals surface area contributed by atoms with E-state index in [2.05, 4.69) is 15.4 Å². The Labute approximate surface area is 201 Å². The third kappa shape index (κ3) is 6.60. The summed E-state index contributed by atoms with van der Waals surface area (Å²) in [4.78, 5) is 14.8. The van der Waals surface area contributed by atoms with Gasteiger partial charge < -0.3 is 29.6 Å². The van der Waals surface area contributed by atoms with Crippen molar-refractivity contribution in [2.45, 2.75) is 39.5 Å². The molecule has 2 aliphatic heterocycles. The Balaban J connectivity index is 1.55. The van der Waals surface area contributed by atoms with E-state index >= 15 is 0 Å². The molecular weight excluding hydrogens is 441 g/mol. The molecule has 0 bridgehead atoms. The van der Waals surface area contributed by atoms with Crippen molar-refractivity contribution in [2.24, 2.45) is 22.4 Å². The highest BCUT2D eigenvalue weighted by atomic mass is 19.1. The van der Waals surface area contributed by atoms with E-state index < -0.39 is 11.2 Å². The number of benzene rings is 1. The Morgan fingerprint density at radius 3 is 2.65 bits per heavy atom. The molecule has 0 aromatic heterocycles. The number of nitrogens with zero attached hydrogens (tertiary/aromatic N) is 2. The number of oxime groups is 1. The third-order valence-corrected chi connectivity index (χ3v) is 6.74. The smallest absolute Gasteiger partial charge is 0.313 e. The molecule has 9 heteroatoms. The SMILES string of the molecule is COC(=O)C1(CN2CCC(CN/C(=N\O)c3c(F)cccc3OCC(C)C)CC2)CCOCC1. The molecule has 2 N–H and O–H groups in total. The second-order valence-corrected chi connectivity index (χ2v) is 9.75. The van der Waals surface area contributed by atoms with Crippen LogP contribution in [0.25, 0.3) is 0 Å². The number of piperidine rings is 1. The van der Waals surface area contributed by atoms with Crippen LogP contribution in [-0.2, 0) is 14.3 Å². The van der Waals surface area contributed by atoms with E-state index in [1.165, 1.54) is 13.2 Å². The highest BCUT2D eigenvalue weighted by molar-refractivity contribution is 6.01. The van der Waals surface area contributed by atoms with Crippen LogP contribution in [0.3, 0.4) is 0 Å². The van der Waals surface area contributed by atoms with Crippen LogP contribution in [0.15, 0.2) is 23.4 Å². The Hall–Kier alpha value is -2.39. The minimum atomic E-state index is -0.499. The van der Waals surface area contributed by atoms with Gasteiger partial charge in [-0.2, -0.15) is 0 Å². The summed E-state index contributed by atoms with van der Waals surface area (Å²) in [5.74, 6) is 0.399. The molecule has 2 heterocycles. The first-order chi connectivity index (χ1) is 16.4. The van der Waals surface area contributed by atoms with Crippen molar-refractivity contribution in [3.05, 3.63) is 29.6 Å². The van der Waals surface area contributed by atoms with Gasteiger partial charge in [-0.3, -0.25) is 4.79 Å². The molecular formula is C25H38FN3O5. The standard InChI is InChI=1S/C25H38FN3O5/c1-18(2)16-34-21-6-4-5-20(26)22(21)23(28-31)27-15-19-7-11-29(12-8-19)17-25(24(30)32-3)9-13-33-14-10-25/h4-6,18-19,31H,7-17H2,1-3H3,(H,27,28). The van der Waals surface area contributed by atoms with E-state index in [0.717, 1.165) is 25.9 Å². The first-order valence-corrected chi connectivity index (χ1v) is 12.1. The van der Waals surface area contributed by atoms with Crippen LogP contribution in [-0.4, -0.2) is 75.0 Å². The minimum absolute atomic E-state index is 0.0751. The van der Waals surface area contributed by atoms with Gasteiger partial charge in [-0.25, -0.2) is 4.39 Å². The van der Waals surface area contributed by atoms with E-state index in [0.29, 0.717) is 57.4 Å². The molecule has 0 unspecified atom stereocenters. The Morgan fingerprint density at radius 1 is 1.32 bits per heavy atom. The highest BCUT2D eigenvalue weighted by Crippen LogP contribution is 2.34. The largest absolute Gasteiger partial charge is 0.492 e. The summed E-state index contributed by atoms with van der Waals surface area (Å²) in [5.41, 5.74) is -0.353. The molecule has 1 aromatic carbocycles. The molecule has 0 spiro atoms. The summed E-state index contributed by atoms with van der Waals surface area (Å²) in [5, 5.41) is 16.1. The lowest BCUT2D eigenvalue weighted by molar-refractivity contribution is -0.160. The lowest BCUT2D eigenvalue weighted by Gasteiger charge is -2.41. The number of rotatable bonds is 9. The first kappa shape index (κ1) is 26.2. The number of ether oxygens (including phenoxy) is 3. The molecule has 190 valence electrons. The molecule has 8 nitrogen and oxygen atoms in total. The minimum Gasteiger partial charge on any atom is -0.492 e. The van der Waals surface area contributed by atoms with Crippen molar-refractivity contribution in [3.8, 4) is 5.75 Å². The molecule has 34 heavy (non-hydrogen) atoms. The Morgan fingerprint density at radius 2 is 2.03 bits per heavy atom. The summed E-state index contributed by atoms with van der Waals surface area (Å²) in [6.45, 7) is 8.58. The van der Waals surface area contributed by atoms with Gasteiger partial charge in [-0.15, -0.1) is 0 Å². The number of hydrogen-bond donors (Lipinski definition) is 2. The van der Waals surface area contributed by atoms with Gasteiger partial charge in [0.25, 0.3) is 0 Å². The summed E-state index contributed by atoms with van der Waals surface area (Å²) in [7, 11) is 1.45. The number of methoxy groups -OCH3 is 1. The van der Waals surface area contributed by atoms with Gasteiger partial charge >= 0.3 is 5.97 Å². The number of halogens is 1. The molecule has 1 aromatic rings. The van der Waals surface area contributed by atoms with Crippen molar-refractivity contribution in [2.75, 3.05) is 53.1 Å². The van der Waals surface area contributed by atoms with Crippen molar-refractivity contribution in [3.63, 3.8) is 0 Å². The van der Waals surface area contributed by atoms with Crippen LogP contribution >= 0.6 is 0 Å². The summed E-state index contributed by atoms with van der Waals surface area (Å²) in [6.07, 6.45) is 3.21. The van der Waals surface area contributed by atoms with Crippen LogP contribution in [0.2, 0.25) is 0 Å². The van der Waals surface area contributed by atoms with Crippen LogP contribution < -0.4 is 10.1 Å². The Bertz CT molecular complexity index is 834. The van der Waals surface area contributed by atoms with E-state index in [-0.39, 0.29) is 23.3 Å². The van der Waals surface area contributed by atoms with Gasteiger partial charge in [0, 0.05) is 26.3 Å². The fraction of sp³-hybridized carbons (Fsp3) is 0.680. The lowest BCUT2D eigenvalue weighted by Crippen LogP contribution is -2.49. The maximum atomic E-state index is 14.6. The van der Waals surface area contributed by atoms with Crippen molar-refractivity contribution in [1.82, 2.24) is 10.2 Å². The molecule has 2 saturated heterocycles. The molecule has 2 aliphatic rings. The first-order valence-electron chi connectivity index (χ1n) is 12.1. The maximum absolute atomic E-state index is 14.6. The number of hydrogen-bond acceptors (Lipinski definition) is 7. The maximum Gasteiger partial charge on any atom is 0.313 e. The normalized spacial score (nSPS) is 19.7. The monoisotopic (exact) mass is 479 g/mol. The second-order valence-electron chi connectivity index (χ2n) is 9.75. The van der Waals surface area contributed by atoms with E-state index in [1.807, 2.05) is 13.8 Å². The van der Waals surface area contributed by atoms with Crippen molar-refractivity contribution in [1.29, 1.82) is 0 Å².